The maximum Gasteiger partial charge on any atom is 0.181 e. The van der Waals surface area contributed by atoms with Gasteiger partial charge in [0.15, 0.2) is 6.29 Å². The van der Waals surface area contributed by atoms with Gasteiger partial charge in [-0.05, 0) is 6.42 Å². The average molecular weight is 190 g/mol. The third-order valence-corrected chi connectivity index (χ3v) is 2.18. The molecule has 4 heteroatoms. The number of hydrogen-bond donors (Lipinski definition) is 2. The second-order valence-corrected chi connectivity index (χ2v) is 3.33. The SMILES string of the molecule is CCCCO[C@@H]1C[C@@H](CO)OC1O. The van der Waals surface area contributed by atoms with Crippen molar-refractivity contribution in [3.63, 3.8) is 0 Å². The van der Waals surface area contributed by atoms with Gasteiger partial charge < -0.3 is 19.7 Å². The van der Waals surface area contributed by atoms with Gasteiger partial charge in [0.05, 0.1) is 12.7 Å². The molecule has 3 atom stereocenters. The molecule has 0 aromatic carbocycles. The van der Waals surface area contributed by atoms with E-state index in [1.165, 1.54) is 0 Å². The molecule has 0 aliphatic carbocycles. The zero-order chi connectivity index (χ0) is 9.68. The molecule has 1 unspecified atom stereocenters. The first-order valence-corrected chi connectivity index (χ1v) is 4.84. The number of rotatable bonds is 5. The highest BCUT2D eigenvalue weighted by Gasteiger charge is 2.33. The summed E-state index contributed by atoms with van der Waals surface area (Å²) >= 11 is 0. The van der Waals surface area contributed by atoms with Gasteiger partial charge in [-0.1, -0.05) is 13.3 Å². The number of aliphatic hydroxyl groups excluding tert-OH is 2. The fourth-order valence-corrected chi connectivity index (χ4v) is 1.36. The molecule has 4 nitrogen and oxygen atoms in total. The monoisotopic (exact) mass is 190 g/mol. The number of aliphatic hydroxyl groups is 2. The summed E-state index contributed by atoms with van der Waals surface area (Å²) in [5.74, 6) is 0. The molecule has 2 N–H and O–H groups in total. The van der Waals surface area contributed by atoms with Crippen molar-refractivity contribution in [2.75, 3.05) is 13.2 Å². The van der Waals surface area contributed by atoms with Crippen LogP contribution in [0.4, 0.5) is 0 Å². The van der Waals surface area contributed by atoms with E-state index in [1.54, 1.807) is 0 Å². The van der Waals surface area contributed by atoms with Gasteiger partial charge in [0.25, 0.3) is 0 Å². The van der Waals surface area contributed by atoms with Gasteiger partial charge in [0, 0.05) is 13.0 Å². The number of hydrogen-bond acceptors (Lipinski definition) is 4. The summed E-state index contributed by atoms with van der Waals surface area (Å²) < 4.78 is 10.4. The minimum absolute atomic E-state index is 0.0509. The Morgan fingerprint density at radius 3 is 2.85 bits per heavy atom. The molecule has 0 aromatic heterocycles. The fraction of sp³-hybridized carbons (Fsp3) is 1.00. The molecule has 0 bridgehead atoms. The van der Waals surface area contributed by atoms with Crippen molar-refractivity contribution in [1.29, 1.82) is 0 Å². The summed E-state index contributed by atoms with van der Waals surface area (Å²) in [5.41, 5.74) is 0. The Balaban J connectivity index is 2.18. The molecule has 78 valence electrons. The van der Waals surface area contributed by atoms with E-state index >= 15 is 0 Å². The molecule has 0 radical (unpaired) electrons. The lowest BCUT2D eigenvalue weighted by Crippen LogP contribution is -2.24. The van der Waals surface area contributed by atoms with Crippen molar-refractivity contribution in [3.8, 4) is 0 Å². The maximum absolute atomic E-state index is 9.33. The third-order valence-electron chi connectivity index (χ3n) is 2.18. The standard InChI is InChI=1S/C9H18O4/c1-2-3-4-12-8-5-7(6-10)13-9(8)11/h7-11H,2-6H2,1H3/t7-,8+,9?/m0/s1. The first kappa shape index (κ1) is 10.9. The van der Waals surface area contributed by atoms with E-state index in [4.69, 9.17) is 14.6 Å². The van der Waals surface area contributed by atoms with Gasteiger partial charge in [-0.3, -0.25) is 0 Å². The van der Waals surface area contributed by atoms with Crippen molar-refractivity contribution in [2.24, 2.45) is 0 Å². The molecule has 1 fully saturated rings. The van der Waals surface area contributed by atoms with Crippen LogP contribution in [0.5, 0.6) is 0 Å². The van der Waals surface area contributed by atoms with Crippen LogP contribution in [-0.4, -0.2) is 41.9 Å². The molecule has 1 aliphatic heterocycles. The topological polar surface area (TPSA) is 58.9 Å². The van der Waals surface area contributed by atoms with Crippen LogP contribution in [-0.2, 0) is 9.47 Å². The Morgan fingerprint density at radius 1 is 1.54 bits per heavy atom. The average Bonchev–Trinajstić information content (AvgIpc) is 2.48. The van der Waals surface area contributed by atoms with Crippen LogP contribution >= 0.6 is 0 Å². The largest absolute Gasteiger partial charge is 0.394 e. The van der Waals surface area contributed by atoms with Gasteiger partial charge in [-0.2, -0.15) is 0 Å². The minimum Gasteiger partial charge on any atom is -0.394 e. The molecule has 0 amide bonds. The smallest absolute Gasteiger partial charge is 0.181 e. The van der Waals surface area contributed by atoms with Crippen LogP contribution in [0.25, 0.3) is 0 Å². The highest BCUT2D eigenvalue weighted by Crippen LogP contribution is 2.21. The van der Waals surface area contributed by atoms with E-state index in [0.29, 0.717) is 13.0 Å². The lowest BCUT2D eigenvalue weighted by molar-refractivity contribution is -0.146. The summed E-state index contributed by atoms with van der Waals surface area (Å²) in [6.45, 7) is 2.69. The highest BCUT2D eigenvalue weighted by atomic mass is 16.7. The molecule has 13 heavy (non-hydrogen) atoms. The van der Waals surface area contributed by atoms with Crippen molar-refractivity contribution in [1.82, 2.24) is 0 Å². The summed E-state index contributed by atoms with van der Waals surface area (Å²) in [4.78, 5) is 0. The number of unbranched alkanes of at least 4 members (excludes halogenated alkanes) is 1. The third kappa shape index (κ3) is 3.23. The predicted octanol–water partition coefficient (Wildman–Crippen LogP) is 0.271. The molecule has 0 saturated carbocycles. The maximum atomic E-state index is 9.33. The molecular formula is C9H18O4. The Kier molecular flexibility index (Phi) is 4.66. The van der Waals surface area contributed by atoms with Crippen LogP contribution in [0.15, 0.2) is 0 Å². The van der Waals surface area contributed by atoms with E-state index in [9.17, 15) is 5.11 Å². The van der Waals surface area contributed by atoms with E-state index < -0.39 is 6.29 Å². The van der Waals surface area contributed by atoms with Gasteiger partial charge in [0.1, 0.15) is 6.10 Å². The second-order valence-electron chi connectivity index (χ2n) is 3.33. The predicted molar refractivity (Wildman–Crippen MR) is 47.2 cm³/mol. The molecule has 0 spiro atoms. The fourth-order valence-electron chi connectivity index (χ4n) is 1.36. The molecule has 0 aromatic rings. The minimum atomic E-state index is -0.867. The first-order valence-electron chi connectivity index (χ1n) is 4.84. The Morgan fingerprint density at radius 2 is 2.31 bits per heavy atom. The normalized spacial score (nSPS) is 33.9. The van der Waals surface area contributed by atoms with Crippen LogP contribution < -0.4 is 0 Å². The lowest BCUT2D eigenvalue weighted by Gasteiger charge is -2.13. The van der Waals surface area contributed by atoms with Gasteiger partial charge in [-0.25, -0.2) is 0 Å². The Hall–Kier alpha value is -0.160. The Labute approximate surface area is 78.5 Å². The van der Waals surface area contributed by atoms with E-state index in [0.717, 1.165) is 12.8 Å². The van der Waals surface area contributed by atoms with Crippen molar-refractivity contribution >= 4 is 0 Å². The Bertz CT molecular complexity index is 140. The van der Waals surface area contributed by atoms with Crippen LogP contribution in [0.2, 0.25) is 0 Å². The van der Waals surface area contributed by atoms with E-state index in [2.05, 4.69) is 6.92 Å². The molecular weight excluding hydrogens is 172 g/mol. The summed E-state index contributed by atoms with van der Waals surface area (Å²) in [7, 11) is 0. The second kappa shape index (κ2) is 5.54. The zero-order valence-corrected chi connectivity index (χ0v) is 7.98. The van der Waals surface area contributed by atoms with E-state index in [1.807, 2.05) is 0 Å². The van der Waals surface area contributed by atoms with Gasteiger partial charge in [-0.15, -0.1) is 0 Å². The molecule has 1 rings (SSSR count). The van der Waals surface area contributed by atoms with Crippen molar-refractivity contribution in [3.05, 3.63) is 0 Å². The summed E-state index contributed by atoms with van der Waals surface area (Å²) in [6.07, 6.45) is 1.26. The van der Waals surface area contributed by atoms with Crippen molar-refractivity contribution in [2.45, 2.75) is 44.7 Å². The lowest BCUT2D eigenvalue weighted by atomic mass is 10.2. The zero-order valence-electron chi connectivity index (χ0n) is 7.98. The van der Waals surface area contributed by atoms with E-state index in [-0.39, 0.29) is 18.8 Å². The quantitative estimate of drug-likeness (QED) is 0.611. The van der Waals surface area contributed by atoms with Gasteiger partial charge >= 0.3 is 0 Å². The molecule has 1 aliphatic rings. The highest BCUT2D eigenvalue weighted by molar-refractivity contribution is 4.76. The molecule has 1 saturated heterocycles. The van der Waals surface area contributed by atoms with Crippen molar-refractivity contribution < 1.29 is 19.7 Å². The van der Waals surface area contributed by atoms with Gasteiger partial charge in [0.2, 0.25) is 0 Å². The summed E-state index contributed by atoms with van der Waals surface area (Å²) in [6, 6.07) is 0. The summed E-state index contributed by atoms with van der Waals surface area (Å²) in [5, 5.41) is 18.1. The molecule has 1 heterocycles. The van der Waals surface area contributed by atoms with Crippen LogP contribution in [0, 0.1) is 0 Å². The van der Waals surface area contributed by atoms with Crippen LogP contribution in [0.1, 0.15) is 26.2 Å². The number of ether oxygens (including phenoxy) is 2. The first-order chi connectivity index (χ1) is 6.27. The van der Waals surface area contributed by atoms with Crippen LogP contribution in [0.3, 0.4) is 0 Å².